The van der Waals surface area contributed by atoms with Crippen molar-refractivity contribution in [1.82, 2.24) is 4.57 Å². The average molecular weight is 211 g/mol. The van der Waals surface area contributed by atoms with Gasteiger partial charge in [0.2, 0.25) is 0 Å². The van der Waals surface area contributed by atoms with Crippen molar-refractivity contribution in [3.8, 4) is 0 Å². The molecule has 0 saturated heterocycles. The van der Waals surface area contributed by atoms with Crippen LogP contribution in [0.25, 0.3) is 17.0 Å². The first kappa shape index (κ1) is 9.71. The summed E-state index contributed by atoms with van der Waals surface area (Å²) in [6.07, 6.45) is 6.72. The summed E-state index contributed by atoms with van der Waals surface area (Å²) in [5.41, 5.74) is 4.38. The van der Waals surface area contributed by atoms with Crippen LogP contribution >= 0.6 is 0 Å². The molecule has 1 nitrogen and oxygen atoms in total. The van der Waals surface area contributed by atoms with Crippen LogP contribution in [0.4, 0.5) is 0 Å². The average Bonchev–Trinajstić information content (AvgIpc) is 2.78. The summed E-state index contributed by atoms with van der Waals surface area (Å²) >= 11 is 0. The number of fused-ring (bicyclic) bond motifs is 2. The molecule has 0 aliphatic heterocycles. The Bertz CT molecular complexity index is 585. The van der Waals surface area contributed by atoms with Crippen LogP contribution in [-0.2, 0) is 12.0 Å². The number of benzene rings is 1. The highest BCUT2D eigenvalue weighted by Gasteiger charge is 2.25. The largest absolute Gasteiger partial charge is 0.348 e. The van der Waals surface area contributed by atoms with Crippen LogP contribution in [0.3, 0.4) is 0 Å². The molecule has 1 aliphatic rings. The molecule has 16 heavy (non-hydrogen) atoms. The van der Waals surface area contributed by atoms with Crippen molar-refractivity contribution in [3.63, 3.8) is 0 Å². The van der Waals surface area contributed by atoms with Gasteiger partial charge in [0.25, 0.3) is 0 Å². The van der Waals surface area contributed by atoms with Crippen molar-refractivity contribution >= 4 is 17.0 Å². The number of hydrogen-bond acceptors (Lipinski definition) is 0. The Morgan fingerprint density at radius 1 is 1.25 bits per heavy atom. The van der Waals surface area contributed by atoms with E-state index in [0.717, 1.165) is 6.54 Å². The van der Waals surface area contributed by atoms with Gasteiger partial charge in [0.05, 0.1) is 0 Å². The summed E-state index contributed by atoms with van der Waals surface area (Å²) in [6.45, 7) is 7.78. The molecule has 1 heterocycles. The van der Waals surface area contributed by atoms with Crippen molar-refractivity contribution in [2.24, 2.45) is 0 Å². The van der Waals surface area contributed by atoms with E-state index in [9.17, 15) is 0 Å². The summed E-state index contributed by atoms with van der Waals surface area (Å²) in [5.74, 6) is 0. The topological polar surface area (TPSA) is 4.93 Å². The van der Waals surface area contributed by atoms with Gasteiger partial charge in [-0.25, -0.2) is 0 Å². The minimum atomic E-state index is 0.187. The Morgan fingerprint density at radius 3 is 2.81 bits per heavy atom. The van der Waals surface area contributed by atoms with E-state index in [4.69, 9.17) is 0 Å². The third-order valence-corrected chi connectivity index (χ3v) is 3.66. The second kappa shape index (κ2) is 3.00. The Kier molecular flexibility index (Phi) is 1.82. The van der Waals surface area contributed by atoms with Gasteiger partial charge in [-0.15, -0.1) is 0 Å². The molecule has 0 N–H and O–H groups in total. The molecule has 0 saturated carbocycles. The predicted molar refractivity (Wildman–Crippen MR) is 69.7 cm³/mol. The third kappa shape index (κ3) is 1.18. The lowest BCUT2D eigenvalue weighted by molar-refractivity contribution is 0.683. The third-order valence-electron chi connectivity index (χ3n) is 3.66. The molecule has 0 fully saturated rings. The fourth-order valence-electron chi connectivity index (χ4n) is 2.61. The number of aryl methyl sites for hydroxylation is 1. The Morgan fingerprint density at radius 2 is 2.06 bits per heavy atom. The second-order valence-electron chi connectivity index (χ2n) is 5.16. The van der Waals surface area contributed by atoms with Crippen molar-refractivity contribution in [3.05, 3.63) is 41.6 Å². The van der Waals surface area contributed by atoms with Gasteiger partial charge in [0.15, 0.2) is 0 Å². The molecule has 0 atom stereocenters. The molecule has 0 bridgehead atoms. The van der Waals surface area contributed by atoms with Gasteiger partial charge < -0.3 is 4.57 Å². The fourth-order valence-corrected chi connectivity index (χ4v) is 2.61. The minimum Gasteiger partial charge on any atom is -0.348 e. The fraction of sp³-hybridized carbons (Fsp3) is 0.333. The van der Waals surface area contributed by atoms with Crippen LogP contribution in [-0.4, -0.2) is 4.57 Å². The van der Waals surface area contributed by atoms with Crippen LogP contribution in [0, 0.1) is 0 Å². The zero-order chi connectivity index (χ0) is 11.3. The van der Waals surface area contributed by atoms with Crippen LogP contribution < -0.4 is 0 Å². The van der Waals surface area contributed by atoms with Crippen molar-refractivity contribution in [1.29, 1.82) is 0 Å². The zero-order valence-electron chi connectivity index (χ0n) is 10.1. The molecule has 0 amide bonds. The first-order chi connectivity index (χ1) is 7.62. The van der Waals surface area contributed by atoms with Crippen molar-refractivity contribution in [2.45, 2.75) is 32.7 Å². The first-order valence-electron chi connectivity index (χ1n) is 5.94. The number of allylic oxidation sites excluding steroid dienone is 1. The number of aromatic nitrogens is 1. The molecule has 1 heteroatoms. The Labute approximate surface area is 96.4 Å². The van der Waals surface area contributed by atoms with E-state index in [0.29, 0.717) is 0 Å². The van der Waals surface area contributed by atoms with Gasteiger partial charge in [-0.1, -0.05) is 26.0 Å². The van der Waals surface area contributed by atoms with E-state index < -0.39 is 0 Å². The van der Waals surface area contributed by atoms with E-state index in [1.165, 1.54) is 22.0 Å². The van der Waals surface area contributed by atoms with Crippen molar-refractivity contribution in [2.75, 3.05) is 0 Å². The van der Waals surface area contributed by atoms with E-state index >= 15 is 0 Å². The number of nitrogens with zero attached hydrogens (tertiary/aromatic N) is 1. The zero-order valence-corrected chi connectivity index (χ0v) is 10.1. The molecule has 0 radical (unpaired) electrons. The standard InChI is InChI=1S/C15H17N/c1-4-16-8-6-12-9-11-5-7-15(2,3)13(11)10-14(12)16/h5-10H,4H2,1-3H3. The summed E-state index contributed by atoms with van der Waals surface area (Å²) < 4.78 is 2.31. The highest BCUT2D eigenvalue weighted by atomic mass is 14.9. The number of hydrogen-bond donors (Lipinski definition) is 0. The quantitative estimate of drug-likeness (QED) is 0.672. The molecule has 3 rings (SSSR count). The summed E-state index contributed by atoms with van der Waals surface area (Å²) in [4.78, 5) is 0. The molecule has 1 aliphatic carbocycles. The van der Waals surface area contributed by atoms with E-state index in [2.05, 4.69) is 61.9 Å². The highest BCUT2D eigenvalue weighted by Crippen LogP contribution is 2.37. The molecular formula is C15H17N. The molecule has 2 aromatic rings. The molecule has 82 valence electrons. The normalized spacial score (nSPS) is 16.9. The maximum Gasteiger partial charge on any atom is 0.0483 e. The number of rotatable bonds is 1. The van der Waals surface area contributed by atoms with Crippen LogP contribution in [0.15, 0.2) is 30.5 Å². The maximum atomic E-state index is 2.36. The van der Waals surface area contributed by atoms with Crippen LogP contribution in [0.5, 0.6) is 0 Å². The van der Waals surface area contributed by atoms with E-state index in [-0.39, 0.29) is 5.41 Å². The lowest BCUT2D eigenvalue weighted by Crippen LogP contribution is -2.10. The van der Waals surface area contributed by atoms with Gasteiger partial charge in [-0.3, -0.25) is 0 Å². The monoisotopic (exact) mass is 211 g/mol. The summed E-state index contributed by atoms with van der Waals surface area (Å²) in [5, 5.41) is 1.35. The van der Waals surface area contributed by atoms with E-state index in [1.807, 2.05) is 0 Å². The molecule has 1 aromatic carbocycles. The molecule has 0 spiro atoms. The lowest BCUT2D eigenvalue weighted by Gasteiger charge is -2.18. The van der Waals surface area contributed by atoms with Gasteiger partial charge >= 0.3 is 0 Å². The van der Waals surface area contributed by atoms with Crippen LogP contribution in [0.2, 0.25) is 0 Å². The van der Waals surface area contributed by atoms with Crippen LogP contribution in [0.1, 0.15) is 31.9 Å². The van der Waals surface area contributed by atoms with Gasteiger partial charge in [0, 0.05) is 29.1 Å². The van der Waals surface area contributed by atoms with Crippen molar-refractivity contribution < 1.29 is 0 Å². The molecule has 0 unspecified atom stereocenters. The van der Waals surface area contributed by atoms with E-state index in [1.54, 1.807) is 0 Å². The maximum absolute atomic E-state index is 2.36. The molecular weight excluding hydrogens is 194 g/mol. The van der Waals surface area contributed by atoms with Gasteiger partial charge in [-0.2, -0.15) is 0 Å². The summed E-state index contributed by atoms with van der Waals surface area (Å²) in [7, 11) is 0. The smallest absolute Gasteiger partial charge is 0.0483 e. The highest BCUT2D eigenvalue weighted by molar-refractivity contribution is 5.86. The van der Waals surface area contributed by atoms with Gasteiger partial charge in [0.1, 0.15) is 0 Å². The SMILES string of the molecule is CCn1ccc2cc3c(cc21)C(C)(C)C=C3. The first-order valence-corrected chi connectivity index (χ1v) is 5.94. The molecule has 1 aromatic heterocycles. The Balaban J connectivity index is 2.32. The summed E-state index contributed by atoms with van der Waals surface area (Å²) in [6, 6.07) is 6.87. The lowest BCUT2D eigenvalue weighted by atomic mass is 9.87. The van der Waals surface area contributed by atoms with Gasteiger partial charge in [-0.05, 0) is 36.2 Å². The minimum absolute atomic E-state index is 0.187. The Hall–Kier alpha value is -1.50. The predicted octanol–water partition coefficient (Wildman–Crippen LogP) is 3.97. The second-order valence-corrected chi connectivity index (χ2v) is 5.16.